The summed E-state index contributed by atoms with van der Waals surface area (Å²) >= 11 is 0. The zero-order valence-corrected chi connectivity index (χ0v) is 17.8. The molecule has 7 nitrogen and oxygen atoms in total. The van der Waals surface area contributed by atoms with Gasteiger partial charge in [0.25, 0.3) is 10.0 Å². The van der Waals surface area contributed by atoms with Crippen molar-refractivity contribution in [2.75, 3.05) is 26.7 Å². The van der Waals surface area contributed by atoms with Crippen LogP contribution in [0.3, 0.4) is 0 Å². The van der Waals surface area contributed by atoms with E-state index in [9.17, 15) is 13.2 Å². The van der Waals surface area contributed by atoms with Gasteiger partial charge < -0.3 is 10.2 Å². The highest BCUT2D eigenvalue weighted by atomic mass is 32.2. The van der Waals surface area contributed by atoms with Gasteiger partial charge in [0.1, 0.15) is 4.90 Å². The molecule has 1 N–H and O–H groups in total. The molecule has 0 aliphatic carbocycles. The Balaban J connectivity index is 1.29. The number of piperidine rings is 1. The number of carbonyl (C=O) groups excluding carboxylic acids is 1. The summed E-state index contributed by atoms with van der Waals surface area (Å²) in [4.78, 5) is 16.7. The number of fused-ring (bicyclic) bond motifs is 1. The van der Waals surface area contributed by atoms with Gasteiger partial charge in [-0.3, -0.25) is 9.69 Å². The summed E-state index contributed by atoms with van der Waals surface area (Å²) < 4.78 is 28.3. The fourth-order valence-electron chi connectivity index (χ4n) is 4.00. The molecule has 30 heavy (non-hydrogen) atoms. The van der Waals surface area contributed by atoms with Crippen molar-refractivity contribution in [1.29, 1.82) is 0 Å². The van der Waals surface area contributed by atoms with E-state index in [4.69, 9.17) is 0 Å². The molecule has 2 aliphatic heterocycles. The van der Waals surface area contributed by atoms with Crippen LogP contribution in [0, 0.1) is 0 Å². The number of likely N-dealkylation sites (N-methyl/N-ethyl adjacent to an activating group) is 1. The van der Waals surface area contributed by atoms with Gasteiger partial charge in [-0.05, 0) is 30.5 Å². The fraction of sp³-hybridized carbons (Fsp3) is 0.364. The van der Waals surface area contributed by atoms with Gasteiger partial charge in [-0.2, -0.15) is 8.42 Å². The van der Waals surface area contributed by atoms with E-state index in [1.165, 1.54) is 11.6 Å². The van der Waals surface area contributed by atoms with Crippen molar-refractivity contribution in [2.45, 2.75) is 30.3 Å². The second-order valence-electron chi connectivity index (χ2n) is 7.85. The standard InChI is InChI=1S/C22H26N4O3S/c1-25(22-19-9-5-6-10-20(19)30(28,29)24-22)16-21(27)23-18-11-13-26(14-12-18)15-17-7-3-2-4-8-17/h2-10,18H,11-16H2,1H3,(H,23,27). The maximum absolute atomic E-state index is 12.6. The van der Waals surface area contributed by atoms with Crippen molar-refractivity contribution >= 4 is 21.8 Å². The lowest BCUT2D eigenvalue weighted by Gasteiger charge is -2.32. The van der Waals surface area contributed by atoms with Crippen LogP contribution in [-0.2, 0) is 21.4 Å². The number of sulfonamides is 1. The zero-order valence-electron chi connectivity index (χ0n) is 17.0. The first-order valence-electron chi connectivity index (χ1n) is 10.1. The zero-order chi connectivity index (χ0) is 21.1. The number of nitrogens with zero attached hydrogens (tertiary/aromatic N) is 3. The van der Waals surface area contributed by atoms with E-state index in [1.54, 1.807) is 30.1 Å². The van der Waals surface area contributed by atoms with Crippen LogP contribution in [0.25, 0.3) is 0 Å². The minimum Gasteiger partial charge on any atom is -0.352 e. The Kier molecular flexibility index (Phi) is 5.87. The van der Waals surface area contributed by atoms with Crippen molar-refractivity contribution in [2.24, 2.45) is 4.40 Å². The lowest BCUT2D eigenvalue weighted by Crippen LogP contribution is -2.47. The lowest BCUT2D eigenvalue weighted by atomic mass is 10.0. The van der Waals surface area contributed by atoms with Gasteiger partial charge in [0.05, 0.1) is 6.54 Å². The predicted molar refractivity (Wildman–Crippen MR) is 116 cm³/mol. The Hall–Kier alpha value is -2.71. The first-order chi connectivity index (χ1) is 14.4. The first kappa shape index (κ1) is 20.6. The number of benzene rings is 2. The van der Waals surface area contributed by atoms with E-state index >= 15 is 0 Å². The molecule has 0 radical (unpaired) electrons. The quantitative estimate of drug-likeness (QED) is 0.789. The number of likely N-dealkylation sites (tertiary alicyclic amines) is 1. The van der Waals surface area contributed by atoms with E-state index in [1.807, 2.05) is 6.07 Å². The molecule has 0 aromatic heterocycles. The van der Waals surface area contributed by atoms with Crippen LogP contribution in [0.5, 0.6) is 0 Å². The molecular formula is C22H26N4O3S. The molecule has 1 fully saturated rings. The van der Waals surface area contributed by atoms with Crippen LogP contribution < -0.4 is 5.32 Å². The Morgan fingerprint density at radius 2 is 1.77 bits per heavy atom. The van der Waals surface area contributed by atoms with E-state index in [0.717, 1.165) is 32.5 Å². The maximum atomic E-state index is 12.6. The molecule has 1 saturated heterocycles. The number of carbonyl (C=O) groups is 1. The Labute approximate surface area is 177 Å². The topological polar surface area (TPSA) is 82.1 Å². The van der Waals surface area contributed by atoms with Crippen molar-refractivity contribution in [1.82, 2.24) is 15.1 Å². The van der Waals surface area contributed by atoms with Gasteiger partial charge in [-0.25, -0.2) is 0 Å². The molecule has 1 amide bonds. The molecule has 0 bridgehead atoms. The SMILES string of the molecule is CN(CC(=O)NC1CCN(Cc2ccccc2)CC1)C1=NS(=O)(=O)c2ccccc21. The number of hydrogen-bond acceptors (Lipinski definition) is 5. The highest BCUT2D eigenvalue weighted by Crippen LogP contribution is 2.26. The number of rotatable bonds is 5. The third-order valence-corrected chi connectivity index (χ3v) is 6.88. The maximum Gasteiger partial charge on any atom is 0.285 e. The van der Waals surface area contributed by atoms with E-state index in [0.29, 0.717) is 11.4 Å². The molecule has 8 heteroatoms. The molecule has 2 heterocycles. The van der Waals surface area contributed by atoms with Crippen LogP contribution in [-0.4, -0.2) is 62.7 Å². The minimum atomic E-state index is -3.69. The summed E-state index contributed by atoms with van der Waals surface area (Å²) in [5.74, 6) is 0.196. The number of nitrogens with one attached hydrogen (secondary N) is 1. The molecule has 0 spiro atoms. The van der Waals surface area contributed by atoms with Crippen LogP contribution >= 0.6 is 0 Å². The van der Waals surface area contributed by atoms with E-state index in [-0.39, 0.29) is 23.4 Å². The predicted octanol–water partition coefficient (Wildman–Crippen LogP) is 1.85. The highest BCUT2D eigenvalue weighted by molar-refractivity contribution is 7.90. The molecular weight excluding hydrogens is 400 g/mol. The second kappa shape index (κ2) is 8.57. The molecule has 2 aliphatic rings. The van der Waals surface area contributed by atoms with Gasteiger partial charge in [-0.1, -0.05) is 42.5 Å². The van der Waals surface area contributed by atoms with Crippen molar-refractivity contribution < 1.29 is 13.2 Å². The normalized spacial score (nSPS) is 18.5. The van der Waals surface area contributed by atoms with Gasteiger partial charge in [-0.15, -0.1) is 4.40 Å². The third-order valence-electron chi connectivity index (χ3n) is 5.56. The molecule has 2 aromatic carbocycles. The fourth-order valence-corrected chi connectivity index (χ4v) is 5.26. The molecule has 0 unspecified atom stereocenters. The molecule has 0 saturated carbocycles. The molecule has 0 atom stereocenters. The van der Waals surface area contributed by atoms with Crippen LogP contribution in [0.1, 0.15) is 24.0 Å². The average molecular weight is 427 g/mol. The number of amidine groups is 1. The minimum absolute atomic E-state index is 0.0624. The summed E-state index contributed by atoms with van der Waals surface area (Å²) in [5, 5.41) is 3.09. The molecule has 2 aromatic rings. The number of hydrogen-bond donors (Lipinski definition) is 1. The second-order valence-corrected chi connectivity index (χ2v) is 9.42. The summed E-state index contributed by atoms with van der Waals surface area (Å²) in [6, 6.07) is 17.2. The smallest absolute Gasteiger partial charge is 0.285 e. The molecule has 158 valence electrons. The summed E-state index contributed by atoms with van der Waals surface area (Å²) in [6.45, 7) is 2.87. The van der Waals surface area contributed by atoms with Gasteiger partial charge >= 0.3 is 0 Å². The summed E-state index contributed by atoms with van der Waals surface area (Å²) in [7, 11) is -1.99. The summed E-state index contributed by atoms with van der Waals surface area (Å²) in [6.07, 6.45) is 1.81. The Morgan fingerprint density at radius 3 is 2.50 bits per heavy atom. The van der Waals surface area contributed by atoms with Gasteiger partial charge in [0, 0.05) is 38.3 Å². The third kappa shape index (κ3) is 4.55. The Bertz CT molecular complexity index is 1050. The van der Waals surface area contributed by atoms with Crippen LogP contribution in [0.15, 0.2) is 63.9 Å². The van der Waals surface area contributed by atoms with Crippen molar-refractivity contribution in [3.63, 3.8) is 0 Å². The average Bonchev–Trinajstić information content (AvgIpc) is 3.02. The van der Waals surface area contributed by atoms with Crippen LogP contribution in [0.4, 0.5) is 0 Å². The molecule has 4 rings (SSSR count). The Morgan fingerprint density at radius 1 is 1.10 bits per heavy atom. The first-order valence-corrected chi connectivity index (χ1v) is 11.6. The van der Waals surface area contributed by atoms with Gasteiger partial charge in [0.15, 0.2) is 5.84 Å². The van der Waals surface area contributed by atoms with E-state index < -0.39 is 10.0 Å². The van der Waals surface area contributed by atoms with Crippen LogP contribution in [0.2, 0.25) is 0 Å². The van der Waals surface area contributed by atoms with Crippen molar-refractivity contribution in [3.05, 3.63) is 65.7 Å². The lowest BCUT2D eigenvalue weighted by molar-refractivity contribution is -0.122. The highest BCUT2D eigenvalue weighted by Gasteiger charge is 2.31. The number of amides is 1. The largest absolute Gasteiger partial charge is 0.352 e. The summed E-state index contributed by atoms with van der Waals surface area (Å²) in [5.41, 5.74) is 1.84. The van der Waals surface area contributed by atoms with Crippen molar-refractivity contribution in [3.8, 4) is 0 Å². The van der Waals surface area contributed by atoms with Gasteiger partial charge in [0.2, 0.25) is 5.91 Å². The monoisotopic (exact) mass is 426 g/mol. The van der Waals surface area contributed by atoms with E-state index in [2.05, 4.69) is 38.9 Å².